The minimum absolute atomic E-state index is 0.105. The van der Waals surface area contributed by atoms with Gasteiger partial charge in [0.25, 0.3) is 0 Å². The number of hydrogen-bond donors (Lipinski definition) is 0. The second-order valence-corrected chi connectivity index (χ2v) is 15.0. The summed E-state index contributed by atoms with van der Waals surface area (Å²) in [4.78, 5) is 2.19. The predicted octanol–water partition coefficient (Wildman–Crippen LogP) is 15.2. The number of para-hydroxylation sites is 2. The van der Waals surface area contributed by atoms with E-state index < -0.39 is 24.2 Å². The number of thiophene rings is 2. The quantitative estimate of drug-likeness (QED) is 0.165. The Morgan fingerprint density at radius 3 is 2.02 bits per heavy atom. The zero-order chi connectivity index (χ0) is 44.3. The highest BCUT2D eigenvalue weighted by Gasteiger charge is 2.22. The molecule has 11 aromatic rings. The molecule has 3 heterocycles. The van der Waals surface area contributed by atoms with Gasteiger partial charge in [-0.25, -0.2) is 0 Å². The van der Waals surface area contributed by atoms with Gasteiger partial charge in [-0.2, -0.15) is 0 Å². The van der Waals surface area contributed by atoms with Crippen molar-refractivity contribution in [3.8, 4) is 27.9 Å². The normalized spacial score (nSPS) is 14.3. The van der Waals surface area contributed by atoms with Gasteiger partial charge >= 0.3 is 0 Å². The Hall–Kier alpha value is -6.46. The molecule has 4 heteroatoms. The number of nitrogens with zero attached hydrogens (tertiary/aromatic N) is 2. The maximum absolute atomic E-state index is 8.95. The highest BCUT2D eigenvalue weighted by atomic mass is 32.1. The molecule has 0 spiro atoms. The third-order valence-corrected chi connectivity index (χ3v) is 12.4. The SMILES string of the molecule is [2H]c1c([2H])c([2H])c(-c2ccc(N(c3cccc(-c4cccc5c4sc4c6ccccc6n(-c6c([2H])c([2H])c([2H])c([2H])c6[2H])c54)c3)c3cccc4c3sc3ccccc34)cc2)c([2H])c1[2H]. The van der Waals surface area contributed by atoms with Gasteiger partial charge in [-0.15, -0.1) is 22.7 Å². The van der Waals surface area contributed by atoms with Gasteiger partial charge in [0.2, 0.25) is 0 Å². The standard InChI is InChI=1S/C50H32N2S2/c1-3-14-33(15-4-1)34-28-30-37(31-29-34)51(45-26-13-23-41-40-20-8-10-27-46(40)53-49(41)45)38-19-11-16-35(32-38)39-22-12-24-43-47-50(54-48(39)43)42-21-7-9-25-44(42)52(47)36-17-5-2-6-18-36/h1-32H/i1D,2D,3D,4D,5D,6D,14D,15D,17D,18D. The van der Waals surface area contributed by atoms with E-state index in [4.69, 9.17) is 13.7 Å². The summed E-state index contributed by atoms with van der Waals surface area (Å²) in [6.07, 6.45) is 0. The lowest BCUT2D eigenvalue weighted by Gasteiger charge is -2.27. The molecule has 0 fully saturated rings. The van der Waals surface area contributed by atoms with Crippen molar-refractivity contribution in [2.75, 3.05) is 4.90 Å². The summed E-state index contributed by atoms with van der Waals surface area (Å²) in [5.74, 6) is 0. The number of hydrogen-bond acceptors (Lipinski definition) is 3. The summed E-state index contributed by atoms with van der Waals surface area (Å²) in [6.45, 7) is 0. The first-order valence-electron chi connectivity index (χ1n) is 22.4. The average molecular weight is 735 g/mol. The van der Waals surface area contributed by atoms with E-state index in [1.54, 1.807) is 34.8 Å². The Morgan fingerprint density at radius 1 is 0.463 bits per heavy atom. The topological polar surface area (TPSA) is 8.17 Å². The molecule has 0 aliphatic carbocycles. The first kappa shape index (κ1) is 22.6. The molecule has 0 saturated carbocycles. The summed E-state index contributed by atoms with van der Waals surface area (Å²) >= 11 is 3.33. The fraction of sp³-hybridized carbons (Fsp3) is 0. The lowest BCUT2D eigenvalue weighted by atomic mass is 10.0. The van der Waals surface area contributed by atoms with E-state index in [9.17, 15) is 0 Å². The van der Waals surface area contributed by atoms with Crippen LogP contribution in [0.3, 0.4) is 0 Å². The van der Waals surface area contributed by atoms with Crippen LogP contribution < -0.4 is 4.90 Å². The highest BCUT2D eigenvalue weighted by molar-refractivity contribution is 7.27. The van der Waals surface area contributed by atoms with E-state index in [0.29, 0.717) is 5.56 Å². The van der Waals surface area contributed by atoms with Crippen molar-refractivity contribution in [2.45, 2.75) is 0 Å². The van der Waals surface area contributed by atoms with Crippen LogP contribution in [0.15, 0.2) is 194 Å². The number of aromatic nitrogens is 1. The fourth-order valence-electron chi connectivity index (χ4n) is 7.63. The number of anilines is 3. The van der Waals surface area contributed by atoms with E-state index >= 15 is 0 Å². The molecule has 2 nitrogen and oxygen atoms in total. The van der Waals surface area contributed by atoms with Gasteiger partial charge in [-0.05, 0) is 76.8 Å². The van der Waals surface area contributed by atoms with Gasteiger partial charge in [0, 0.05) is 48.0 Å². The van der Waals surface area contributed by atoms with E-state index in [-0.39, 0.29) is 47.5 Å². The van der Waals surface area contributed by atoms with Gasteiger partial charge in [-0.1, -0.05) is 139 Å². The Morgan fingerprint density at radius 2 is 1.17 bits per heavy atom. The second-order valence-electron chi connectivity index (χ2n) is 13.0. The van der Waals surface area contributed by atoms with E-state index in [2.05, 4.69) is 59.5 Å². The van der Waals surface area contributed by atoms with Crippen LogP contribution >= 0.6 is 22.7 Å². The molecule has 0 unspecified atom stereocenters. The van der Waals surface area contributed by atoms with Crippen molar-refractivity contribution in [2.24, 2.45) is 0 Å². The van der Waals surface area contributed by atoms with Gasteiger partial charge in [0.1, 0.15) is 0 Å². The molecule has 0 saturated heterocycles. The monoisotopic (exact) mass is 734 g/mol. The number of fused-ring (bicyclic) bond motifs is 8. The van der Waals surface area contributed by atoms with Gasteiger partial charge in [0.15, 0.2) is 0 Å². The van der Waals surface area contributed by atoms with Crippen LogP contribution in [0.5, 0.6) is 0 Å². The molecule has 0 aliphatic rings. The molecule has 0 bridgehead atoms. The molecule has 0 atom stereocenters. The third kappa shape index (κ3) is 4.92. The highest BCUT2D eigenvalue weighted by Crippen LogP contribution is 2.48. The molecule has 8 aromatic carbocycles. The number of rotatable bonds is 6. The number of benzene rings is 8. The molecule has 54 heavy (non-hydrogen) atoms. The van der Waals surface area contributed by atoms with Crippen molar-refractivity contribution in [3.63, 3.8) is 0 Å². The second kappa shape index (κ2) is 12.6. The van der Waals surface area contributed by atoms with Crippen LogP contribution in [0.2, 0.25) is 0 Å². The summed E-state index contributed by atoms with van der Waals surface area (Å²) in [5.41, 5.74) is 6.80. The Kier molecular flexibility index (Phi) is 5.26. The first-order valence-corrected chi connectivity index (χ1v) is 19.1. The Labute approximate surface area is 335 Å². The zero-order valence-corrected chi connectivity index (χ0v) is 30.0. The van der Waals surface area contributed by atoms with Gasteiger partial charge in [0.05, 0.1) is 39.8 Å². The van der Waals surface area contributed by atoms with Crippen molar-refractivity contribution >= 4 is 91.1 Å². The fourth-order valence-corrected chi connectivity index (χ4v) is 10.2. The van der Waals surface area contributed by atoms with Crippen molar-refractivity contribution in [3.05, 3.63) is 194 Å². The van der Waals surface area contributed by atoms with E-state index in [1.165, 1.54) is 0 Å². The van der Waals surface area contributed by atoms with Crippen LogP contribution in [0.25, 0.3) is 79.3 Å². The molecule has 0 radical (unpaired) electrons. The lowest BCUT2D eigenvalue weighted by molar-refractivity contribution is 1.19. The molecule has 3 aromatic heterocycles. The molecule has 11 rings (SSSR count). The lowest BCUT2D eigenvalue weighted by Crippen LogP contribution is -2.10. The van der Waals surface area contributed by atoms with E-state index in [0.717, 1.165) is 79.6 Å². The van der Waals surface area contributed by atoms with E-state index in [1.807, 2.05) is 71.3 Å². The third-order valence-electron chi connectivity index (χ3n) is 9.97. The summed E-state index contributed by atoms with van der Waals surface area (Å²) in [5, 5.41) is 4.09. The zero-order valence-electron chi connectivity index (χ0n) is 38.4. The molecule has 0 aliphatic heterocycles. The van der Waals surface area contributed by atoms with Gasteiger partial charge < -0.3 is 9.47 Å². The van der Waals surface area contributed by atoms with Crippen molar-refractivity contribution < 1.29 is 13.7 Å². The molecular weight excluding hydrogens is 693 g/mol. The Bertz CT molecular complexity index is 3700. The average Bonchev–Trinajstić information content (AvgIpc) is 4.00. The van der Waals surface area contributed by atoms with Crippen LogP contribution in [0.4, 0.5) is 17.1 Å². The van der Waals surface area contributed by atoms with Crippen LogP contribution in [-0.2, 0) is 0 Å². The van der Waals surface area contributed by atoms with Crippen molar-refractivity contribution in [1.82, 2.24) is 4.57 Å². The van der Waals surface area contributed by atoms with Crippen LogP contribution in [0, 0.1) is 0 Å². The summed E-state index contributed by atoms with van der Waals surface area (Å²) in [7, 11) is 0. The molecule has 0 N–H and O–H groups in total. The Balaban J connectivity index is 1.12. The maximum Gasteiger partial charge on any atom is 0.0727 e. The maximum atomic E-state index is 8.95. The van der Waals surface area contributed by atoms with Crippen LogP contribution in [0.1, 0.15) is 13.7 Å². The minimum atomic E-state index is -0.439. The summed E-state index contributed by atoms with van der Waals surface area (Å²) in [6, 6.07) is 40.8. The predicted molar refractivity (Wildman–Crippen MR) is 235 cm³/mol. The molecular formula is C50H32N2S2. The smallest absolute Gasteiger partial charge is 0.0727 e. The van der Waals surface area contributed by atoms with Crippen molar-refractivity contribution in [1.29, 1.82) is 0 Å². The molecule has 254 valence electrons. The largest absolute Gasteiger partial charge is 0.309 e. The molecule has 0 amide bonds. The van der Waals surface area contributed by atoms with Crippen LogP contribution in [-0.4, -0.2) is 4.57 Å². The first-order chi connectivity index (χ1) is 30.9. The van der Waals surface area contributed by atoms with Gasteiger partial charge in [-0.3, -0.25) is 0 Å². The minimum Gasteiger partial charge on any atom is -0.309 e. The summed E-state index contributed by atoms with van der Waals surface area (Å²) < 4.78 is 91.1.